The standard InChI is InChI=1S/C32H34F2N4O4S/c1-21-20-43-29(36-21)19-38(2)31(41)25-12-7-11-24(16-25)30(40)37-27(15-22-8-4-3-5-9-22)28(39)18-35-17-23-10-6-13-26(14-23)42-32(33)34/h3-14,16,20,27-28,32,35,39H,15,17-19H2,1-2H3,(H,37,40)/t27-,28+/m0/s1. The van der Waals surface area contributed by atoms with Gasteiger partial charge >= 0.3 is 6.61 Å². The van der Waals surface area contributed by atoms with Crippen LogP contribution in [0.15, 0.2) is 84.2 Å². The normalized spacial score (nSPS) is 12.5. The fraction of sp³-hybridized carbons (Fsp3) is 0.281. The lowest BCUT2D eigenvalue weighted by Crippen LogP contribution is -2.48. The molecule has 0 radical (unpaired) electrons. The van der Waals surface area contributed by atoms with E-state index in [0.717, 1.165) is 16.3 Å². The summed E-state index contributed by atoms with van der Waals surface area (Å²) in [6.45, 7) is -0.246. The summed E-state index contributed by atoms with van der Waals surface area (Å²) in [7, 11) is 1.69. The van der Waals surface area contributed by atoms with Gasteiger partial charge in [0.2, 0.25) is 0 Å². The first-order chi connectivity index (χ1) is 20.7. The summed E-state index contributed by atoms with van der Waals surface area (Å²) in [6.07, 6.45) is -0.621. The Kier molecular flexibility index (Phi) is 11.3. The van der Waals surface area contributed by atoms with Crippen LogP contribution in [0.3, 0.4) is 0 Å². The van der Waals surface area contributed by atoms with Gasteiger partial charge in [-0.2, -0.15) is 8.78 Å². The monoisotopic (exact) mass is 608 g/mol. The number of nitrogens with one attached hydrogen (secondary N) is 2. The number of aryl methyl sites for hydroxylation is 1. The summed E-state index contributed by atoms with van der Waals surface area (Å²) in [4.78, 5) is 32.4. The highest BCUT2D eigenvalue weighted by Crippen LogP contribution is 2.17. The van der Waals surface area contributed by atoms with Crippen LogP contribution in [0.2, 0.25) is 0 Å². The number of aliphatic hydroxyl groups excluding tert-OH is 1. The number of nitrogens with zero attached hydrogens (tertiary/aromatic N) is 2. The van der Waals surface area contributed by atoms with Gasteiger partial charge in [0.05, 0.1) is 18.7 Å². The largest absolute Gasteiger partial charge is 0.435 e. The van der Waals surface area contributed by atoms with Crippen LogP contribution in [0.1, 0.15) is 42.5 Å². The minimum Gasteiger partial charge on any atom is -0.435 e. The van der Waals surface area contributed by atoms with E-state index in [1.54, 1.807) is 48.3 Å². The molecule has 0 aliphatic carbocycles. The molecule has 0 saturated heterocycles. The Balaban J connectivity index is 1.41. The summed E-state index contributed by atoms with van der Waals surface area (Å²) in [5.74, 6) is -0.616. The van der Waals surface area contributed by atoms with Gasteiger partial charge in [-0.25, -0.2) is 4.98 Å². The van der Waals surface area contributed by atoms with Gasteiger partial charge in [-0.05, 0) is 54.8 Å². The average molecular weight is 609 g/mol. The van der Waals surface area contributed by atoms with E-state index in [-0.39, 0.29) is 18.2 Å². The lowest BCUT2D eigenvalue weighted by molar-refractivity contribution is -0.0498. The molecule has 1 heterocycles. The molecule has 3 aromatic carbocycles. The molecule has 0 fully saturated rings. The fourth-order valence-corrected chi connectivity index (χ4v) is 5.33. The second-order valence-corrected chi connectivity index (χ2v) is 11.1. The van der Waals surface area contributed by atoms with Crippen molar-refractivity contribution >= 4 is 23.2 Å². The molecule has 0 aliphatic heterocycles. The van der Waals surface area contributed by atoms with Gasteiger partial charge in [-0.3, -0.25) is 9.59 Å². The minimum absolute atomic E-state index is 0.0502. The number of hydrogen-bond donors (Lipinski definition) is 3. The van der Waals surface area contributed by atoms with E-state index in [1.165, 1.54) is 23.5 Å². The smallest absolute Gasteiger partial charge is 0.387 e. The van der Waals surface area contributed by atoms with E-state index in [2.05, 4.69) is 20.4 Å². The van der Waals surface area contributed by atoms with E-state index in [1.807, 2.05) is 42.6 Å². The maximum atomic E-state index is 13.4. The molecule has 0 bridgehead atoms. The van der Waals surface area contributed by atoms with Crippen LogP contribution < -0.4 is 15.4 Å². The quantitative estimate of drug-likeness (QED) is 0.190. The Bertz CT molecular complexity index is 1500. The first-order valence-corrected chi connectivity index (χ1v) is 14.6. The number of amides is 2. The highest BCUT2D eigenvalue weighted by molar-refractivity contribution is 7.09. The number of thiazole rings is 1. The molecule has 3 N–H and O–H groups in total. The molecular formula is C32H34F2N4O4S. The predicted molar refractivity (Wildman–Crippen MR) is 161 cm³/mol. The Morgan fingerprint density at radius 2 is 1.72 bits per heavy atom. The number of aromatic nitrogens is 1. The van der Waals surface area contributed by atoms with Gasteiger partial charge in [0, 0.05) is 42.3 Å². The molecule has 2 atom stereocenters. The highest BCUT2D eigenvalue weighted by atomic mass is 32.1. The topological polar surface area (TPSA) is 104 Å². The van der Waals surface area contributed by atoms with Crippen molar-refractivity contribution in [1.29, 1.82) is 0 Å². The van der Waals surface area contributed by atoms with E-state index >= 15 is 0 Å². The maximum Gasteiger partial charge on any atom is 0.387 e. The number of alkyl halides is 2. The molecule has 8 nitrogen and oxygen atoms in total. The van der Waals surface area contributed by atoms with Crippen molar-refractivity contribution in [2.24, 2.45) is 0 Å². The van der Waals surface area contributed by atoms with Crippen molar-refractivity contribution in [1.82, 2.24) is 20.5 Å². The third-order valence-electron chi connectivity index (χ3n) is 6.64. The molecule has 43 heavy (non-hydrogen) atoms. The molecule has 0 spiro atoms. The zero-order valence-corrected chi connectivity index (χ0v) is 24.7. The average Bonchev–Trinajstić information content (AvgIpc) is 3.40. The van der Waals surface area contributed by atoms with E-state index in [0.29, 0.717) is 36.2 Å². The van der Waals surface area contributed by atoms with Crippen LogP contribution in [0.25, 0.3) is 0 Å². The maximum absolute atomic E-state index is 13.4. The second kappa shape index (κ2) is 15.3. The van der Waals surface area contributed by atoms with Crippen molar-refractivity contribution in [3.05, 3.63) is 117 Å². The minimum atomic E-state index is -2.92. The number of halogens is 2. The fourth-order valence-electron chi connectivity index (χ4n) is 4.51. The molecule has 4 aromatic rings. The van der Waals surface area contributed by atoms with Crippen molar-refractivity contribution in [2.75, 3.05) is 13.6 Å². The van der Waals surface area contributed by atoms with Crippen LogP contribution in [0.5, 0.6) is 5.75 Å². The lowest BCUT2D eigenvalue weighted by Gasteiger charge is -2.25. The van der Waals surface area contributed by atoms with Gasteiger partial charge in [-0.15, -0.1) is 11.3 Å². The molecule has 4 rings (SSSR count). The Morgan fingerprint density at radius 1 is 1.00 bits per heavy atom. The number of carbonyl (C=O) groups excluding carboxylic acids is 2. The zero-order valence-electron chi connectivity index (χ0n) is 23.9. The number of aliphatic hydroxyl groups is 1. The Morgan fingerprint density at radius 3 is 2.44 bits per heavy atom. The van der Waals surface area contributed by atoms with Crippen LogP contribution in [0, 0.1) is 6.92 Å². The first kappa shape index (κ1) is 31.7. The van der Waals surface area contributed by atoms with Crippen molar-refractivity contribution < 1.29 is 28.2 Å². The molecular weight excluding hydrogens is 574 g/mol. The molecule has 1 aromatic heterocycles. The number of hydrogen-bond acceptors (Lipinski definition) is 7. The summed E-state index contributed by atoms with van der Waals surface area (Å²) in [6, 6.07) is 21.6. The SMILES string of the molecule is Cc1csc(CN(C)C(=O)c2cccc(C(=O)N[C@@H](Cc3ccccc3)[C@H](O)CNCc3cccc(OC(F)F)c3)c2)n1. The molecule has 0 unspecified atom stereocenters. The molecule has 11 heteroatoms. The van der Waals surface area contributed by atoms with Gasteiger partial charge in [0.1, 0.15) is 10.8 Å². The lowest BCUT2D eigenvalue weighted by atomic mass is 10.00. The third-order valence-corrected chi connectivity index (χ3v) is 7.59. The van der Waals surface area contributed by atoms with Crippen molar-refractivity contribution in [3.8, 4) is 5.75 Å². The molecule has 2 amide bonds. The first-order valence-electron chi connectivity index (χ1n) is 13.7. The van der Waals surface area contributed by atoms with Gasteiger partial charge in [-0.1, -0.05) is 48.5 Å². The summed E-state index contributed by atoms with van der Waals surface area (Å²) in [5, 5.41) is 19.9. The van der Waals surface area contributed by atoms with E-state index in [9.17, 15) is 23.5 Å². The number of rotatable bonds is 14. The zero-order chi connectivity index (χ0) is 30.8. The van der Waals surface area contributed by atoms with E-state index < -0.39 is 24.7 Å². The van der Waals surface area contributed by atoms with Crippen molar-refractivity contribution in [2.45, 2.75) is 45.2 Å². The molecule has 0 aliphatic rings. The van der Waals surface area contributed by atoms with Gasteiger partial charge in [0.15, 0.2) is 0 Å². The number of benzene rings is 3. The van der Waals surface area contributed by atoms with Crippen LogP contribution in [-0.2, 0) is 19.5 Å². The summed E-state index contributed by atoms with van der Waals surface area (Å²) >= 11 is 1.48. The van der Waals surface area contributed by atoms with Crippen LogP contribution in [0.4, 0.5) is 8.78 Å². The van der Waals surface area contributed by atoms with E-state index in [4.69, 9.17) is 0 Å². The third kappa shape index (κ3) is 9.67. The number of ether oxygens (including phenoxy) is 1. The highest BCUT2D eigenvalue weighted by Gasteiger charge is 2.23. The Hall–Kier alpha value is -4.19. The van der Waals surface area contributed by atoms with Crippen molar-refractivity contribution in [3.63, 3.8) is 0 Å². The van der Waals surface area contributed by atoms with Crippen LogP contribution >= 0.6 is 11.3 Å². The second-order valence-electron chi connectivity index (χ2n) is 10.1. The van der Waals surface area contributed by atoms with Gasteiger partial charge < -0.3 is 25.4 Å². The summed E-state index contributed by atoms with van der Waals surface area (Å²) in [5.41, 5.74) is 3.18. The van der Waals surface area contributed by atoms with Crippen LogP contribution in [-0.4, -0.2) is 59.2 Å². The number of carbonyl (C=O) groups is 2. The molecule has 226 valence electrons. The molecule has 0 saturated carbocycles. The predicted octanol–water partition coefficient (Wildman–Crippen LogP) is 4.82. The van der Waals surface area contributed by atoms with Gasteiger partial charge in [0.25, 0.3) is 11.8 Å². The summed E-state index contributed by atoms with van der Waals surface area (Å²) < 4.78 is 29.6. The Labute approximate surface area is 253 Å².